The van der Waals surface area contributed by atoms with Crippen LogP contribution >= 0.6 is 12.6 Å². The van der Waals surface area contributed by atoms with Crippen LogP contribution in [0.3, 0.4) is 0 Å². The van der Waals surface area contributed by atoms with Gasteiger partial charge in [0.25, 0.3) is 0 Å². The second kappa shape index (κ2) is 7.02. The second-order valence-electron chi connectivity index (χ2n) is 9.43. The molecule has 0 radical (unpaired) electrons. The number of thiol groups is 1. The summed E-state index contributed by atoms with van der Waals surface area (Å²) in [6.45, 7) is 2.75. The summed E-state index contributed by atoms with van der Waals surface area (Å²) in [6.07, 6.45) is 5.33. The first-order valence-corrected chi connectivity index (χ1v) is 11.5. The molecular weight excluding hydrogens is 384 g/mol. The quantitative estimate of drug-likeness (QED) is 0.727. The average molecular weight is 415 g/mol. The van der Waals surface area contributed by atoms with Crippen molar-refractivity contribution in [2.24, 2.45) is 11.8 Å². The van der Waals surface area contributed by atoms with Gasteiger partial charge < -0.3 is 19.7 Å². The van der Waals surface area contributed by atoms with Crippen LogP contribution in [0.4, 0.5) is 5.69 Å². The molecule has 0 unspecified atom stereocenters. The molecule has 1 saturated heterocycles. The van der Waals surface area contributed by atoms with Crippen molar-refractivity contribution in [2.75, 3.05) is 24.7 Å². The molecule has 4 aliphatic rings. The van der Waals surface area contributed by atoms with E-state index in [0.717, 1.165) is 43.7 Å². The Morgan fingerprint density at radius 1 is 1.34 bits per heavy atom. The Labute approximate surface area is 178 Å². The lowest BCUT2D eigenvalue weighted by molar-refractivity contribution is -0.121. The molecule has 5 nitrogen and oxygen atoms in total. The lowest BCUT2D eigenvalue weighted by Gasteiger charge is -2.59. The normalized spacial score (nSPS) is 34.3. The Morgan fingerprint density at radius 3 is 2.93 bits per heavy atom. The number of Topliss-reactive ketones (excluding diaryl/α,β-unsaturated/α-hetero) is 1. The molecular formula is C23H30N2O3S. The number of rotatable bonds is 5. The predicted molar refractivity (Wildman–Crippen MR) is 116 cm³/mol. The molecule has 2 bridgehead atoms. The number of carbonyl (C=O) groups is 2. The van der Waals surface area contributed by atoms with Crippen molar-refractivity contribution in [1.29, 1.82) is 0 Å². The van der Waals surface area contributed by atoms with Crippen LogP contribution in [0.2, 0.25) is 0 Å². The summed E-state index contributed by atoms with van der Waals surface area (Å²) in [4.78, 5) is 26.8. The van der Waals surface area contributed by atoms with Crippen molar-refractivity contribution < 1.29 is 14.3 Å². The van der Waals surface area contributed by atoms with Gasteiger partial charge in [0.15, 0.2) is 0 Å². The van der Waals surface area contributed by atoms with Gasteiger partial charge in [-0.1, -0.05) is 6.07 Å². The number of amides is 1. The second-order valence-corrected chi connectivity index (χ2v) is 9.88. The Hall–Kier alpha value is -1.53. The summed E-state index contributed by atoms with van der Waals surface area (Å²) in [5.74, 6) is 2.44. The third-order valence-electron chi connectivity index (χ3n) is 7.90. The van der Waals surface area contributed by atoms with Crippen LogP contribution in [0.5, 0.6) is 5.75 Å². The molecule has 1 saturated carbocycles. The average Bonchev–Trinajstić information content (AvgIpc) is 3.02. The number of nitrogens with zero attached hydrogens (tertiary/aromatic N) is 1. The summed E-state index contributed by atoms with van der Waals surface area (Å²) in [5.41, 5.74) is 3.49. The number of likely N-dealkylation sites (N-methyl/N-ethyl adjacent to an activating group) is 1. The number of hydrogen-bond donors (Lipinski definition) is 2. The van der Waals surface area contributed by atoms with Crippen molar-refractivity contribution in [3.8, 4) is 5.75 Å². The van der Waals surface area contributed by atoms with Gasteiger partial charge in [-0.05, 0) is 69.5 Å². The highest BCUT2D eigenvalue weighted by atomic mass is 32.1. The minimum absolute atomic E-state index is 0.0112. The van der Waals surface area contributed by atoms with Crippen molar-refractivity contribution in [2.45, 2.75) is 63.0 Å². The first-order valence-electron chi connectivity index (χ1n) is 10.9. The minimum atomic E-state index is -0.0268. The highest BCUT2D eigenvalue weighted by Gasteiger charge is 2.65. The molecule has 2 heterocycles. The molecule has 1 N–H and O–H groups in total. The summed E-state index contributed by atoms with van der Waals surface area (Å²) in [6, 6.07) is 4.74. The maximum atomic E-state index is 12.3. The molecule has 2 fully saturated rings. The number of piperidine rings is 1. The Balaban J connectivity index is 1.63. The van der Waals surface area contributed by atoms with Gasteiger partial charge in [-0.2, -0.15) is 12.6 Å². The van der Waals surface area contributed by atoms with Gasteiger partial charge in [0.05, 0.1) is 5.69 Å². The van der Waals surface area contributed by atoms with Gasteiger partial charge >= 0.3 is 0 Å². The predicted octanol–water partition coefficient (Wildman–Crippen LogP) is 3.21. The molecule has 5 rings (SSSR count). The topological polar surface area (TPSA) is 58.6 Å². The third kappa shape index (κ3) is 2.78. The highest BCUT2D eigenvalue weighted by Crippen LogP contribution is 2.64. The number of benzene rings is 1. The smallest absolute Gasteiger partial charge is 0.225 e. The zero-order chi connectivity index (χ0) is 20.3. The van der Waals surface area contributed by atoms with Crippen LogP contribution in [0.15, 0.2) is 12.1 Å². The Kier molecular flexibility index (Phi) is 4.70. The van der Waals surface area contributed by atoms with Gasteiger partial charge in [-0.3, -0.25) is 4.79 Å². The maximum Gasteiger partial charge on any atom is 0.225 e. The largest absolute Gasteiger partial charge is 0.487 e. The van der Waals surface area contributed by atoms with Crippen LogP contribution < -0.4 is 10.1 Å². The first kappa shape index (κ1) is 19.4. The molecule has 1 aromatic carbocycles. The number of ketones is 1. The monoisotopic (exact) mass is 414 g/mol. The number of anilines is 1. The van der Waals surface area contributed by atoms with E-state index in [1.807, 2.05) is 6.07 Å². The van der Waals surface area contributed by atoms with Gasteiger partial charge in [0.1, 0.15) is 17.6 Å². The molecule has 6 heteroatoms. The fourth-order valence-electron chi connectivity index (χ4n) is 6.85. The van der Waals surface area contributed by atoms with E-state index in [4.69, 9.17) is 4.74 Å². The highest BCUT2D eigenvalue weighted by molar-refractivity contribution is 7.80. The Bertz CT molecular complexity index is 872. The van der Waals surface area contributed by atoms with E-state index in [1.54, 1.807) is 6.92 Å². The van der Waals surface area contributed by atoms with Gasteiger partial charge in [-0.15, -0.1) is 0 Å². The molecule has 2 aliphatic carbocycles. The first-order chi connectivity index (χ1) is 14.0. The third-order valence-corrected chi connectivity index (χ3v) is 8.12. The van der Waals surface area contributed by atoms with E-state index in [9.17, 15) is 9.59 Å². The van der Waals surface area contributed by atoms with Gasteiger partial charge in [0, 0.05) is 35.8 Å². The molecule has 2 aliphatic heterocycles. The van der Waals surface area contributed by atoms with Crippen LogP contribution in [-0.2, 0) is 21.4 Å². The lowest BCUT2D eigenvalue weighted by Crippen LogP contribution is -2.65. The van der Waals surface area contributed by atoms with Crippen LogP contribution in [0.1, 0.15) is 50.2 Å². The summed E-state index contributed by atoms with van der Waals surface area (Å²) < 4.78 is 6.73. The molecule has 1 aromatic rings. The van der Waals surface area contributed by atoms with Crippen molar-refractivity contribution in [3.63, 3.8) is 0 Å². The van der Waals surface area contributed by atoms with Crippen molar-refractivity contribution >= 4 is 30.0 Å². The van der Waals surface area contributed by atoms with Crippen LogP contribution in [0, 0.1) is 11.8 Å². The Morgan fingerprint density at radius 2 is 2.17 bits per heavy atom. The SMILES string of the molecule is CC(=O)C[C@H]1CC[C@H]2[C@H]3Cc4ccc(NC(=O)CCS)c5c4[C@@]2(CCN3C)[C@H]1O5. The molecule has 0 aromatic heterocycles. The zero-order valence-electron chi connectivity index (χ0n) is 17.2. The van der Waals surface area contributed by atoms with Crippen LogP contribution in [-0.4, -0.2) is 48.1 Å². The van der Waals surface area contributed by atoms with Gasteiger partial charge in [0.2, 0.25) is 5.91 Å². The number of carbonyl (C=O) groups excluding carboxylic acids is 2. The fraction of sp³-hybridized carbons (Fsp3) is 0.652. The lowest BCUT2D eigenvalue weighted by atomic mass is 9.50. The molecule has 156 valence electrons. The van der Waals surface area contributed by atoms with E-state index >= 15 is 0 Å². The van der Waals surface area contributed by atoms with E-state index in [1.165, 1.54) is 11.1 Å². The molecule has 1 spiro atoms. The van der Waals surface area contributed by atoms with Crippen molar-refractivity contribution in [3.05, 3.63) is 23.3 Å². The van der Waals surface area contributed by atoms with E-state index < -0.39 is 0 Å². The fourth-order valence-corrected chi connectivity index (χ4v) is 7.06. The molecule has 1 amide bonds. The molecule has 29 heavy (non-hydrogen) atoms. The standard InChI is InChI=1S/C23H30N2O3S/c1-13(26)11-15-3-5-16-18-12-14-4-6-17(24-19(27)7-10-29)21-20(14)23(16,22(15)28-21)8-9-25(18)2/h4,6,15-16,18,22,29H,3,5,7-12H2,1-2H3,(H,24,27)/t15-,16+,18-,22+,23+/m1/s1. The number of ether oxygens (including phenoxy) is 1. The van der Waals surface area contributed by atoms with Gasteiger partial charge in [-0.25, -0.2) is 0 Å². The minimum Gasteiger partial charge on any atom is -0.487 e. The van der Waals surface area contributed by atoms with Crippen molar-refractivity contribution in [1.82, 2.24) is 4.90 Å². The van der Waals surface area contributed by atoms with E-state index in [-0.39, 0.29) is 29.1 Å². The summed E-state index contributed by atoms with van der Waals surface area (Å²) in [7, 11) is 2.25. The number of likely N-dealkylation sites (tertiary alicyclic amines) is 1. The molecule has 5 atom stereocenters. The maximum absolute atomic E-state index is 12.3. The number of nitrogens with one attached hydrogen (secondary N) is 1. The van der Waals surface area contributed by atoms with E-state index in [0.29, 0.717) is 30.6 Å². The van der Waals surface area contributed by atoms with Crippen LogP contribution in [0.25, 0.3) is 0 Å². The number of hydrogen-bond acceptors (Lipinski definition) is 5. The summed E-state index contributed by atoms with van der Waals surface area (Å²) in [5, 5.41) is 3.06. The van der Waals surface area contributed by atoms with E-state index in [2.05, 4.69) is 36.0 Å². The summed E-state index contributed by atoms with van der Waals surface area (Å²) >= 11 is 4.18. The zero-order valence-corrected chi connectivity index (χ0v) is 18.1.